The summed E-state index contributed by atoms with van der Waals surface area (Å²) < 4.78 is 22.4. The maximum Gasteiger partial charge on any atom is 0.253 e. The van der Waals surface area contributed by atoms with E-state index in [1.54, 1.807) is 6.07 Å². The Morgan fingerprint density at radius 1 is 1.30 bits per heavy atom. The minimum atomic E-state index is -0.289. The number of para-hydroxylation sites is 2. The molecule has 0 saturated carbocycles. The number of carbonyl (C=O) groups excluding carboxylic acids is 1. The summed E-state index contributed by atoms with van der Waals surface area (Å²) in [7, 11) is 0. The van der Waals surface area contributed by atoms with Gasteiger partial charge in [0.15, 0.2) is 11.5 Å². The zero-order chi connectivity index (χ0) is 18.6. The van der Waals surface area contributed by atoms with E-state index in [9.17, 15) is 4.79 Å². The highest BCUT2D eigenvalue weighted by molar-refractivity contribution is 6.32. The van der Waals surface area contributed by atoms with Crippen molar-refractivity contribution in [3.05, 3.63) is 47.1 Å². The highest BCUT2D eigenvalue weighted by Gasteiger charge is 2.22. The number of hydrogen-bond acceptors (Lipinski definition) is 6. The Balaban J connectivity index is 1.32. The maximum atomic E-state index is 12.4. The van der Waals surface area contributed by atoms with E-state index < -0.39 is 0 Å². The fourth-order valence-corrected chi connectivity index (χ4v) is 3.08. The number of hydrogen-bond donors (Lipinski definition) is 1. The van der Waals surface area contributed by atoms with Crippen molar-refractivity contribution in [3.8, 4) is 17.4 Å². The third-order valence-corrected chi connectivity index (χ3v) is 4.56. The second kappa shape index (κ2) is 8.02. The molecule has 0 bridgehead atoms. The Hall–Kier alpha value is -2.51. The average Bonchev–Trinajstić information content (AvgIpc) is 3.20. The molecule has 1 aromatic carbocycles. The van der Waals surface area contributed by atoms with Crippen LogP contribution >= 0.6 is 11.6 Å². The summed E-state index contributed by atoms with van der Waals surface area (Å²) in [6.07, 6.45) is 1.92. The molecule has 4 rings (SSSR count). The van der Waals surface area contributed by atoms with Crippen molar-refractivity contribution in [3.63, 3.8) is 0 Å². The van der Waals surface area contributed by atoms with Crippen molar-refractivity contribution in [2.75, 3.05) is 26.4 Å². The number of ether oxygens (including phenoxy) is 4. The largest absolute Gasteiger partial charge is 0.486 e. The molecule has 8 heteroatoms. The molecule has 27 heavy (non-hydrogen) atoms. The first kappa shape index (κ1) is 17.9. The Labute approximate surface area is 161 Å². The minimum absolute atomic E-state index is 0.0546. The summed E-state index contributed by atoms with van der Waals surface area (Å²) in [5.74, 6) is 1.40. The van der Waals surface area contributed by atoms with Crippen LogP contribution in [-0.4, -0.2) is 49.5 Å². The predicted molar refractivity (Wildman–Crippen MR) is 97.8 cm³/mol. The van der Waals surface area contributed by atoms with Crippen molar-refractivity contribution in [2.45, 2.75) is 18.6 Å². The Kier molecular flexibility index (Phi) is 5.31. The van der Waals surface area contributed by atoms with E-state index in [4.69, 9.17) is 30.5 Å². The number of aromatic nitrogens is 1. The van der Waals surface area contributed by atoms with E-state index in [0.29, 0.717) is 54.3 Å². The molecule has 0 spiro atoms. The fraction of sp³-hybridized carbons (Fsp3) is 0.368. The van der Waals surface area contributed by atoms with Gasteiger partial charge in [0, 0.05) is 12.6 Å². The highest BCUT2D eigenvalue weighted by Crippen LogP contribution is 2.30. The number of amides is 1. The minimum Gasteiger partial charge on any atom is -0.486 e. The lowest BCUT2D eigenvalue weighted by atomic mass is 10.2. The topological polar surface area (TPSA) is 78.9 Å². The van der Waals surface area contributed by atoms with Crippen LogP contribution < -0.4 is 19.5 Å². The van der Waals surface area contributed by atoms with Crippen molar-refractivity contribution < 1.29 is 23.7 Å². The van der Waals surface area contributed by atoms with Gasteiger partial charge < -0.3 is 24.3 Å². The van der Waals surface area contributed by atoms with Crippen molar-refractivity contribution in [1.29, 1.82) is 0 Å². The summed E-state index contributed by atoms with van der Waals surface area (Å²) >= 11 is 6.20. The van der Waals surface area contributed by atoms with Gasteiger partial charge in [-0.3, -0.25) is 4.79 Å². The standard InChI is InChI=1S/C19H19ClN2O5/c20-15-7-12(8-22-19(15)27-13-5-6-24-10-13)18(23)21-9-14-11-25-16-3-1-2-4-17(16)26-14/h1-4,7-8,13-14H,5-6,9-11H2,(H,21,23). The van der Waals surface area contributed by atoms with Crippen LogP contribution in [0, 0.1) is 0 Å². The van der Waals surface area contributed by atoms with Gasteiger partial charge in [-0.05, 0) is 18.2 Å². The zero-order valence-electron chi connectivity index (χ0n) is 14.5. The van der Waals surface area contributed by atoms with Gasteiger partial charge in [-0.2, -0.15) is 0 Å². The zero-order valence-corrected chi connectivity index (χ0v) is 15.3. The number of carbonyl (C=O) groups is 1. The number of rotatable bonds is 5. The van der Waals surface area contributed by atoms with E-state index in [1.165, 1.54) is 6.20 Å². The number of benzene rings is 1. The number of nitrogens with zero attached hydrogens (tertiary/aromatic N) is 1. The second-order valence-electron chi connectivity index (χ2n) is 6.32. The first-order valence-corrected chi connectivity index (χ1v) is 9.13. The fourth-order valence-electron chi connectivity index (χ4n) is 2.87. The summed E-state index contributed by atoms with van der Waals surface area (Å²) in [5, 5.41) is 3.11. The highest BCUT2D eigenvalue weighted by atomic mass is 35.5. The Morgan fingerprint density at radius 3 is 2.93 bits per heavy atom. The summed E-state index contributed by atoms with van der Waals surface area (Å²) in [6.45, 7) is 1.86. The van der Waals surface area contributed by atoms with Crippen LogP contribution in [0.3, 0.4) is 0 Å². The molecule has 1 fully saturated rings. The van der Waals surface area contributed by atoms with Gasteiger partial charge in [0.2, 0.25) is 5.88 Å². The number of halogens is 1. The van der Waals surface area contributed by atoms with Crippen molar-refractivity contribution in [1.82, 2.24) is 10.3 Å². The molecule has 0 aliphatic carbocycles. The summed E-state index contributed by atoms with van der Waals surface area (Å²) in [5.41, 5.74) is 0.354. The average molecular weight is 391 g/mol. The number of fused-ring (bicyclic) bond motifs is 1. The molecule has 2 aliphatic heterocycles. The van der Waals surface area contributed by atoms with E-state index in [0.717, 1.165) is 6.42 Å². The first-order valence-electron chi connectivity index (χ1n) is 8.75. The molecular formula is C19H19ClN2O5. The molecule has 1 aromatic heterocycles. The van der Waals surface area contributed by atoms with Crippen LogP contribution in [0.15, 0.2) is 36.5 Å². The van der Waals surface area contributed by atoms with E-state index >= 15 is 0 Å². The van der Waals surface area contributed by atoms with Gasteiger partial charge in [-0.1, -0.05) is 23.7 Å². The quantitative estimate of drug-likeness (QED) is 0.845. The molecule has 0 radical (unpaired) electrons. The van der Waals surface area contributed by atoms with Crippen molar-refractivity contribution in [2.24, 2.45) is 0 Å². The molecule has 1 saturated heterocycles. The normalized spacial score (nSPS) is 20.9. The molecule has 2 unspecified atom stereocenters. The molecule has 2 aromatic rings. The molecule has 2 aliphatic rings. The van der Waals surface area contributed by atoms with Gasteiger partial charge in [0.25, 0.3) is 5.91 Å². The maximum absolute atomic E-state index is 12.4. The molecule has 1 N–H and O–H groups in total. The van der Waals surface area contributed by atoms with Crippen LogP contribution in [0.5, 0.6) is 17.4 Å². The summed E-state index contributed by atoms with van der Waals surface area (Å²) in [6, 6.07) is 8.98. The molecule has 2 atom stereocenters. The predicted octanol–water partition coefficient (Wildman–Crippen LogP) is 2.47. The van der Waals surface area contributed by atoms with Crippen LogP contribution in [0.25, 0.3) is 0 Å². The Bertz CT molecular complexity index is 825. The van der Waals surface area contributed by atoms with Gasteiger partial charge in [0.05, 0.1) is 25.3 Å². The summed E-state index contributed by atoms with van der Waals surface area (Å²) in [4.78, 5) is 16.5. The SMILES string of the molecule is O=C(NCC1COc2ccccc2O1)c1cnc(OC2CCOC2)c(Cl)c1. The monoisotopic (exact) mass is 390 g/mol. The third kappa shape index (κ3) is 4.26. The second-order valence-corrected chi connectivity index (χ2v) is 6.73. The van der Waals surface area contributed by atoms with Gasteiger partial charge in [0.1, 0.15) is 23.8 Å². The number of nitrogens with one attached hydrogen (secondary N) is 1. The van der Waals surface area contributed by atoms with E-state index in [1.807, 2.05) is 24.3 Å². The third-order valence-electron chi connectivity index (χ3n) is 4.29. The Morgan fingerprint density at radius 2 is 2.15 bits per heavy atom. The molecule has 3 heterocycles. The first-order chi connectivity index (χ1) is 13.2. The molecule has 1 amide bonds. The molecule has 142 valence electrons. The van der Waals surface area contributed by atoms with Crippen LogP contribution in [-0.2, 0) is 4.74 Å². The van der Waals surface area contributed by atoms with E-state index in [2.05, 4.69) is 10.3 Å². The smallest absolute Gasteiger partial charge is 0.253 e. The van der Waals surface area contributed by atoms with Crippen LogP contribution in [0.4, 0.5) is 0 Å². The van der Waals surface area contributed by atoms with Crippen LogP contribution in [0.2, 0.25) is 5.02 Å². The van der Waals surface area contributed by atoms with Crippen molar-refractivity contribution >= 4 is 17.5 Å². The van der Waals surface area contributed by atoms with Crippen LogP contribution in [0.1, 0.15) is 16.8 Å². The van der Waals surface area contributed by atoms with Gasteiger partial charge >= 0.3 is 0 Å². The number of pyridine rings is 1. The lowest BCUT2D eigenvalue weighted by Crippen LogP contribution is -2.40. The lowest BCUT2D eigenvalue weighted by Gasteiger charge is -2.26. The van der Waals surface area contributed by atoms with E-state index in [-0.39, 0.29) is 18.1 Å². The van der Waals surface area contributed by atoms with Gasteiger partial charge in [-0.25, -0.2) is 4.98 Å². The molecule has 7 nitrogen and oxygen atoms in total. The van der Waals surface area contributed by atoms with Gasteiger partial charge in [-0.15, -0.1) is 0 Å². The lowest BCUT2D eigenvalue weighted by molar-refractivity contribution is 0.0789. The molecular weight excluding hydrogens is 372 g/mol.